The highest BCUT2D eigenvalue weighted by Gasteiger charge is 2.15. The van der Waals surface area contributed by atoms with Crippen LogP contribution in [-0.2, 0) is 0 Å². The van der Waals surface area contributed by atoms with Crippen LogP contribution in [0.25, 0.3) is 0 Å². The monoisotopic (exact) mass is 244 g/mol. The van der Waals surface area contributed by atoms with Gasteiger partial charge in [-0.2, -0.15) is 0 Å². The molecule has 0 spiro atoms. The molecule has 0 saturated carbocycles. The molecule has 0 amide bonds. The van der Waals surface area contributed by atoms with Crippen molar-refractivity contribution in [2.24, 2.45) is 5.84 Å². The van der Waals surface area contributed by atoms with Crippen molar-refractivity contribution in [1.82, 2.24) is 5.43 Å². The summed E-state index contributed by atoms with van der Waals surface area (Å²) in [4.78, 5) is 0. The molecule has 0 bridgehead atoms. The van der Waals surface area contributed by atoms with Crippen LogP contribution in [0.4, 0.5) is 0 Å². The van der Waals surface area contributed by atoms with Crippen LogP contribution in [0.5, 0.6) is 0 Å². The van der Waals surface area contributed by atoms with Crippen molar-refractivity contribution in [3.05, 3.63) is 47.0 Å². The van der Waals surface area contributed by atoms with E-state index in [1.54, 1.807) is 0 Å². The van der Waals surface area contributed by atoms with Crippen molar-refractivity contribution in [3.63, 3.8) is 0 Å². The summed E-state index contributed by atoms with van der Waals surface area (Å²) >= 11 is 0. The molecule has 2 heteroatoms. The summed E-state index contributed by atoms with van der Waals surface area (Å²) in [6.07, 6.45) is 10.1. The molecule has 1 aromatic carbocycles. The van der Waals surface area contributed by atoms with Gasteiger partial charge in [-0.15, -0.1) is 0 Å². The SMILES string of the molecule is Cc1ccc(C(NN)/C2=C/CCCCCC2)cc1. The first-order chi connectivity index (χ1) is 8.81. The molecule has 18 heavy (non-hydrogen) atoms. The van der Waals surface area contributed by atoms with Gasteiger partial charge in [-0.3, -0.25) is 5.84 Å². The average molecular weight is 244 g/mol. The molecule has 1 aliphatic carbocycles. The summed E-state index contributed by atoms with van der Waals surface area (Å²) in [5.41, 5.74) is 7.01. The third-order valence-electron chi connectivity index (χ3n) is 3.77. The Bertz CT molecular complexity index is 392. The lowest BCUT2D eigenvalue weighted by atomic mass is 9.91. The van der Waals surface area contributed by atoms with Gasteiger partial charge in [-0.05, 0) is 38.2 Å². The smallest absolute Gasteiger partial charge is 0.0670 e. The van der Waals surface area contributed by atoms with E-state index in [9.17, 15) is 0 Å². The van der Waals surface area contributed by atoms with Gasteiger partial charge in [0.2, 0.25) is 0 Å². The van der Waals surface area contributed by atoms with Gasteiger partial charge in [0, 0.05) is 0 Å². The maximum atomic E-state index is 5.77. The van der Waals surface area contributed by atoms with E-state index in [1.165, 1.54) is 55.2 Å². The molecule has 2 nitrogen and oxygen atoms in total. The number of hydrogen-bond acceptors (Lipinski definition) is 2. The van der Waals surface area contributed by atoms with Gasteiger partial charge in [0.25, 0.3) is 0 Å². The highest BCUT2D eigenvalue weighted by molar-refractivity contribution is 5.30. The number of hydrazine groups is 1. The van der Waals surface area contributed by atoms with E-state index < -0.39 is 0 Å². The quantitative estimate of drug-likeness (QED) is 0.482. The second-order valence-corrected chi connectivity index (χ2v) is 5.24. The number of hydrogen-bond donors (Lipinski definition) is 2. The summed E-state index contributed by atoms with van der Waals surface area (Å²) in [5, 5.41) is 0. The fourth-order valence-corrected chi connectivity index (χ4v) is 2.65. The molecule has 1 aliphatic rings. The van der Waals surface area contributed by atoms with E-state index >= 15 is 0 Å². The molecule has 0 radical (unpaired) electrons. The van der Waals surface area contributed by atoms with Crippen molar-refractivity contribution in [2.45, 2.75) is 51.5 Å². The molecule has 1 atom stereocenters. The minimum atomic E-state index is 0.184. The van der Waals surface area contributed by atoms with Crippen molar-refractivity contribution < 1.29 is 0 Å². The summed E-state index contributed by atoms with van der Waals surface area (Å²) in [6.45, 7) is 2.11. The number of rotatable bonds is 3. The topological polar surface area (TPSA) is 38.0 Å². The molecule has 2 rings (SSSR count). The second kappa shape index (κ2) is 6.72. The Labute approximate surface area is 110 Å². The first-order valence-electron chi connectivity index (χ1n) is 7.03. The van der Waals surface area contributed by atoms with Crippen molar-refractivity contribution >= 4 is 0 Å². The normalized spacial score (nSPS) is 21.6. The third kappa shape index (κ3) is 3.44. The van der Waals surface area contributed by atoms with E-state index in [2.05, 4.69) is 42.7 Å². The Morgan fingerprint density at radius 2 is 1.78 bits per heavy atom. The van der Waals surface area contributed by atoms with Crippen LogP contribution >= 0.6 is 0 Å². The zero-order chi connectivity index (χ0) is 12.8. The molecular weight excluding hydrogens is 220 g/mol. The lowest BCUT2D eigenvalue weighted by molar-refractivity contribution is 0.555. The van der Waals surface area contributed by atoms with Crippen LogP contribution in [0.2, 0.25) is 0 Å². The molecule has 0 aromatic heterocycles. The highest BCUT2D eigenvalue weighted by Crippen LogP contribution is 2.28. The predicted octanol–water partition coefficient (Wildman–Crippen LogP) is 3.78. The minimum absolute atomic E-state index is 0.184. The maximum absolute atomic E-state index is 5.77. The van der Waals surface area contributed by atoms with Gasteiger partial charge in [-0.25, -0.2) is 5.43 Å². The zero-order valence-corrected chi connectivity index (χ0v) is 11.3. The molecule has 98 valence electrons. The first kappa shape index (κ1) is 13.3. The van der Waals surface area contributed by atoms with Gasteiger partial charge in [0.15, 0.2) is 0 Å². The largest absolute Gasteiger partial charge is 0.271 e. The van der Waals surface area contributed by atoms with Gasteiger partial charge in [0.05, 0.1) is 6.04 Å². The molecule has 1 aromatic rings. The lowest BCUT2D eigenvalue weighted by Crippen LogP contribution is -2.29. The minimum Gasteiger partial charge on any atom is -0.271 e. The fraction of sp³-hybridized carbons (Fsp3) is 0.500. The molecular formula is C16H24N2. The van der Waals surface area contributed by atoms with E-state index in [0.717, 1.165) is 0 Å². The fourth-order valence-electron chi connectivity index (χ4n) is 2.65. The van der Waals surface area contributed by atoms with Crippen molar-refractivity contribution in [3.8, 4) is 0 Å². The summed E-state index contributed by atoms with van der Waals surface area (Å²) < 4.78 is 0. The molecule has 0 heterocycles. The molecule has 0 aliphatic heterocycles. The summed E-state index contributed by atoms with van der Waals surface area (Å²) in [6, 6.07) is 8.86. The molecule has 0 fully saturated rings. The molecule has 3 N–H and O–H groups in total. The van der Waals surface area contributed by atoms with E-state index in [-0.39, 0.29) is 6.04 Å². The number of benzene rings is 1. The first-order valence-corrected chi connectivity index (χ1v) is 7.03. The maximum Gasteiger partial charge on any atom is 0.0670 e. The Balaban J connectivity index is 2.18. The second-order valence-electron chi connectivity index (χ2n) is 5.24. The Morgan fingerprint density at radius 1 is 1.06 bits per heavy atom. The zero-order valence-electron chi connectivity index (χ0n) is 11.3. The Hall–Kier alpha value is -1.12. The number of aryl methyl sites for hydroxylation is 1. The van der Waals surface area contributed by atoms with Crippen LogP contribution in [0.15, 0.2) is 35.9 Å². The van der Waals surface area contributed by atoms with Crippen LogP contribution in [0.1, 0.15) is 55.7 Å². The van der Waals surface area contributed by atoms with Gasteiger partial charge >= 0.3 is 0 Å². The summed E-state index contributed by atoms with van der Waals surface area (Å²) in [7, 11) is 0. The van der Waals surface area contributed by atoms with Crippen LogP contribution in [0, 0.1) is 6.92 Å². The van der Waals surface area contributed by atoms with Gasteiger partial charge in [-0.1, -0.05) is 54.3 Å². The van der Waals surface area contributed by atoms with Gasteiger partial charge in [0.1, 0.15) is 0 Å². The highest BCUT2D eigenvalue weighted by atomic mass is 15.2. The number of nitrogens with one attached hydrogen (secondary N) is 1. The average Bonchev–Trinajstić information content (AvgIpc) is 2.34. The van der Waals surface area contributed by atoms with E-state index in [1.807, 2.05) is 0 Å². The van der Waals surface area contributed by atoms with E-state index in [4.69, 9.17) is 5.84 Å². The van der Waals surface area contributed by atoms with E-state index in [0.29, 0.717) is 0 Å². The Kier molecular flexibility index (Phi) is 4.97. The van der Waals surface area contributed by atoms with Crippen LogP contribution < -0.4 is 11.3 Å². The molecule has 1 unspecified atom stereocenters. The number of nitrogens with two attached hydrogens (primary N) is 1. The Morgan fingerprint density at radius 3 is 2.50 bits per heavy atom. The van der Waals surface area contributed by atoms with Crippen molar-refractivity contribution in [1.29, 1.82) is 0 Å². The van der Waals surface area contributed by atoms with Gasteiger partial charge < -0.3 is 0 Å². The lowest BCUT2D eigenvalue weighted by Gasteiger charge is -2.22. The van der Waals surface area contributed by atoms with Crippen LogP contribution in [0.3, 0.4) is 0 Å². The third-order valence-corrected chi connectivity index (χ3v) is 3.77. The number of allylic oxidation sites excluding steroid dienone is 1. The molecule has 0 saturated heterocycles. The van der Waals surface area contributed by atoms with Crippen molar-refractivity contribution in [2.75, 3.05) is 0 Å². The summed E-state index contributed by atoms with van der Waals surface area (Å²) in [5.74, 6) is 5.77. The standard InChI is InChI=1S/C16H24N2/c1-13-9-11-15(12-10-13)16(18-17)14-7-5-3-2-4-6-8-14/h7,9-12,16,18H,2-6,8,17H2,1H3/b14-7+. The van der Waals surface area contributed by atoms with Crippen LogP contribution in [-0.4, -0.2) is 0 Å². The predicted molar refractivity (Wildman–Crippen MR) is 77.0 cm³/mol.